The maximum atomic E-state index is 9.00. The third-order valence-corrected chi connectivity index (χ3v) is 5.84. The first kappa shape index (κ1) is 45.3. The molecule has 0 aliphatic heterocycles. The Bertz CT molecular complexity index is 497. The van der Waals surface area contributed by atoms with Crippen LogP contribution in [0.1, 0.15) is 169 Å². The molecular weight excluding hydrogens is 504 g/mol. The van der Waals surface area contributed by atoms with E-state index in [1.807, 2.05) is 0 Å². The van der Waals surface area contributed by atoms with Crippen LogP contribution >= 0.6 is 0 Å². The molecule has 240 valence electrons. The fourth-order valence-corrected chi connectivity index (χ4v) is 3.64. The summed E-state index contributed by atoms with van der Waals surface area (Å²) in [7, 11) is 0. The average molecular weight is 573 g/mol. The highest BCUT2D eigenvalue weighted by Crippen LogP contribution is 2.10. The molecule has 0 amide bonds. The monoisotopic (exact) mass is 573 g/mol. The second kappa shape index (κ2) is 47.1. The van der Waals surface area contributed by atoms with Crippen LogP contribution in [0.4, 0.5) is 0 Å². The Morgan fingerprint density at radius 3 is 0.925 bits per heavy atom. The van der Waals surface area contributed by atoms with Crippen LogP contribution in [-0.4, -0.2) is 45.6 Å². The van der Waals surface area contributed by atoms with Crippen molar-refractivity contribution in [3.8, 4) is 0 Å². The molecule has 0 spiro atoms. The third kappa shape index (κ3) is 76.6. The molecule has 0 fully saturated rings. The molecule has 0 rings (SSSR count). The van der Waals surface area contributed by atoms with E-state index in [1.165, 1.54) is 128 Å². The van der Waals surface area contributed by atoms with Gasteiger partial charge in [0.15, 0.2) is 0 Å². The Balaban J connectivity index is -0.000000256. The van der Waals surface area contributed by atoms with E-state index >= 15 is 0 Å². The minimum absolute atomic E-state index is 0.358. The highest BCUT2D eigenvalue weighted by molar-refractivity contribution is 5.63. The number of aliphatic hydroxyl groups excluding tert-OH is 2. The molecule has 0 aliphatic rings. The van der Waals surface area contributed by atoms with Gasteiger partial charge in [0, 0.05) is 27.1 Å². The molecule has 6 nitrogen and oxygen atoms in total. The summed E-state index contributed by atoms with van der Waals surface area (Å²) in [6.45, 7) is 7.38. The van der Waals surface area contributed by atoms with Gasteiger partial charge >= 0.3 is 0 Å². The van der Waals surface area contributed by atoms with E-state index in [0.717, 1.165) is 26.7 Å². The van der Waals surface area contributed by atoms with Gasteiger partial charge in [-0.25, -0.2) is 0 Å². The van der Waals surface area contributed by atoms with Crippen LogP contribution in [0.15, 0.2) is 24.3 Å². The summed E-state index contributed by atoms with van der Waals surface area (Å²) in [6.07, 6.45) is 37.5. The van der Waals surface area contributed by atoms with Crippen molar-refractivity contribution < 1.29 is 30.0 Å². The first-order valence-corrected chi connectivity index (χ1v) is 16.2. The molecule has 0 unspecified atom stereocenters. The van der Waals surface area contributed by atoms with Crippen molar-refractivity contribution in [2.45, 2.75) is 169 Å². The maximum absolute atomic E-state index is 9.00. The number of allylic oxidation sites excluding steroid dienone is 4. The Morgan fingerprint density at radius 1 is 0.425 bits per heavy atom. The lowest BCUT2D eigenvalue weighted by atomic mass is 10.1. The lowest BCUT2D eigenvalue weighted by Crippen LogP contribution is -1.84. The number of hydrogen-bond acceptors (Lipinski definition) is 4. The van der Waals surface area contributed by atoms with Gasteiger partial charge in [0.2, 0.25) is 0 Å². The SMILES string of the molecule is CC(=O)O.CC(=O)O.CCCCC=CCCCCCCCCCCO.CCCCCC=CCCCCCCCO. The average Bonchev–Trinajstić information content (AvgIpc) is 2.90. The fraction of sp³-hybridized carbons (Fsp3) is 0.824. The van der Waals surface area contributed by atoms with Crippen LogP contribution in [-0.2, 0) is 9.59 Å². The second-order valence-electron chi connectivity index (χ2n) is 10.2. The Labute approximate surface area is 248 Å². The normalized spacial score (nSPS) is 10.3. The topological polar surface area (TPSA) is 115 Å². The van der Waals surface area contributed by atoms with Crippen LogP contribution in [0.25, 0.3) is 0 Å². The van der Waals surface area contributed by atoms with Crippen molar-refractivity contribution in [1.29, 1.82) is 0 Å². The zero-order chi connectivity index (χ0) is 31.0. The number of carbonyl (C=O) groups is 2. The van der Waals surface area contributed by atoms with E-state index in [0.29, 0.717) is 13.2 Å². The molecule has 0 aromatic carbocycles. The number of unbranched alkanes of at least 4 members (excludes halogenated alkanes) is 18. The van der Waals surface area contributed by atoms with Crippen molar-refractivity contribution in [2.75, 3.05) is 13.2 Å². The predicted molar refractivity (Wildman–Crippen MR) is 172 cm³/mol. The molecule has 0 aromatic rings. The lowest BCUT2D eigenvalue weighted by Gasteiger charge is -2.00. The van der Waals surface area contributed by atoms with Crippen molar-refractivity contribution in [3.63, 3.8) is 0 Å². The molecule has 6 heteroatoms. The van der Waals surface area contributed by atoms with Gasteiger partial charge in [0.05, 0.1) is 0 Å². The number of aliphatic hydroxyl groups is 2. The van der Waals surface area contributed by atoms with Crippen LogP contribution in [0.2, 0.25) is 0 Å². The molecular formula is C34H68O6. The largest absolute Gasteiger partial charge is 0.481 e. The van der Waals surface area contributed by atoms with Crippen LogP contribution in [0, 0.1) is 0 Å². The fourth-order valence-electron chi connectivity index (χ4n) is 3.64. The van der Waals surface area contributed by atoms with Crippen molar-refractivity contribution >= 4 is 11.9 Å². The summed E-state index contributed by atoms with van der Waals surface area (Å²) in [5, 5.41) is 32.1. The molecule has 0 aromatic heterocycles. The van der Waals surface area contributed by atoms with Gasteiger partial charge in [-0.1, -0.05) is 122 Å². The molecule has 0 heterocycles. The molecule has 0 atom stereocenters. The highest BCUT2D eigenvalue weighted by atomic mass is 16.4. The number of hydrogen-bond donors (Lipinski definition) is 4. The minimum Gasteiger partial charge on any atom is -0.481 e. The van der Waals surface area contributed by atoms with Gasteiger partial charge < -0.3 is 20.4 Å². The molecule has 0 aliphatic carbocycles. The van der Waals surface area contributed by atoms with Crippen LogP contribution in [0.5, 0.6) is 0 Å². The van der Waals surface area contributed by atoms with E-state index in [2.05, 4.69) is 38.2 Å². The molecule has 0 saturated heterocycles. The quantitative estimate of drug-likeness (QED) is 0.0675. The summed E-state index contributed by atoms with van der Waals surface area (Å²) in [5.74, 6) is -1.67. The van der Waals surface area contributed by atoms with Gasteiger partial charge in [-0.15, -0.1) is 0 Å². The Hall–Kier alpha value is -1.66. The van der Waals surface area contributed by atoms with E-state index in [1.54, 1.807) is 0 Å². The lowest BCUT2D eigenvalue weighted by molar-refractivity contribution is -0.135. The first-order valence-electron chi connectivity index (χ1n) is 16.2. The predicted octanol–water partition coefficient (Wildman–Crippen LogP) is 9.87. The molecule has 0 radical (unpaired) electrons. The molecule has 0 saturated carbocycles. The van der Waals surface area contributed by atoms with E-state index < -0.39 is 11.9 Å². The smallest absolute Gasteiger partial charge is 0.300 e. The zero-order valence-corrected chi connectivity index (χ0v) is 26.9. The highest BCUT2D eigenvalue weighted by Gasteiger charge is 1.91. The molecule has 0 bridgehead atoms. The van der Waals surface area contributed by atoms with Crippen molar-refractivity contribution in [1.82, 2.24) is 0 Å². The summed E-state index contributed by atoms with van der Waals surface area (Å²) in [4.78, 5) is 18.0. The third-order valence-electron chi connectivity index (χ3n) is 5.84. The number of rotatable bonds is 24. The van der Waals surface area contributed by atoms with Gasteiger partial charge in [-0.2, -0.15) is 0 Å². The minimum atomic E-state index is -0.833. The number of aliphatic carboxylic acids is 2. The van der Waals surface area contributed by atoms with Crippen molar-refractivity contribution in [3.05, 3.63) is 24.3 Å². The zero-order valence-electron chi connectivity index (χ0n) is 26.9. The summed E-state index contributed by atoms with van der Waals surface area (Å²) >= 11 is 0. The summed E-state index contributed by atoms with van der Waals surface area (Å²) < 4.78 is 0. The van der Waals surface area contributed by atoms with E-state index in [4.69, 9.17) is 30.0 Å². The van der Waals surface area contributed by atoms with Crippen LogP contribution in [0.3, 0.4) is 0 Å². The Kier molecular flexibility index (Phi) is 53.4. The van der Waals surface area contributed by atoms with Crippen molar-refractivity contribution in [2.24, 2.45) is 0 Å². The maximum Gasteiger partial charge on any atom is 0.300 e. The van der Waals surface area contributed by atoms with Crippen LogP contribution < -0.4 is 0 Å². The summed E-state index contributed by atoms with van der Waals surface area (Å²) in [5.41, 5.74) is 0. The van der Waals surface area contributed by atoms with Gasteiger partial charge in [-0.05, 0) is 57.8 Å². The van der Waals surface area contributed by atoms with E-state index in [9.17, 15) is 0 Å². The van der Waals surface area contributed by atoms with Gasteiger partial charge in [0.1, 0.15) is 0 Å². The standard InChI is InChI=1S/C16H32O.C14H28O.2C2H4O2/c1-2-3-4-5-6-7-8-9-10-11-12-13-14-15-16-17;1-2-3-4-5-6-7-8-9-10-11-12-13-14-15;2*1-2(3)4/h5-6,17H,2-4,7-16H2,1H3;6-7,15H,2-5,8-14H2,1H3;2*1H3,(H,3,4). The number of carboxylic acids is 2. The summed E-state index contributed by atoms with van der Waals surface area (Å²) in [6, 6.07) is 0. The molecule has 4 N–H and O–H groups in total. The van der Waals surface area contributed by atoms with Gasteiger partial charge in [0.25, 0.3) is 11.9 Å². The molecule has 40 heavy (non-hydrogen) atoms. The van der Waals surface area contributed by atoms with Gasteiger partial charge in [-0.3, -0.25) is 9.59 Å². The Morgan fingerprint density at radius 2 is 0.650 bits per heavy atom. The number of carboxylic acid groups (broad SMARTS) is 2. The van der Waals surface area contributed by atoms with E-state index in [-0.39, 0.29) is 0 Å². The first-order chi connectivity index (χ1) is 19.3. The second-order valence-corrected chi connectivity index (χ2v) is 10.2.